The second-order valence-corrected chi connectivity index (χ2v) is 5.69. The van der Waals surface area contributed by atoms with Crippen LogP contribution in [0.4, 0.5) is 13.2 Å². The van der Waals surface area contributed by atoms with Gasteiger partial charge in [0.2, 0.25) is 0 Å². The fourth-order valence-electron chi connectivity index (χ4n) is 2.11. The van der Waals surface area contributed by atoms with Crippen LogP contribution in [-0.2, 0) is 6.18 Å². The first-order chi connectivity index (χ1) is 9.70. The SMILES string of the molecule is Cc1ccc(C(=O)c2ccc(Br)c(C(F)(F)F)c2)c(C)c1. The number of rotatable bonds is 2. The number of aryl methyl sites for hydroxylation is 2. The van der Waals surface area contributed by atoms with Crippen molar-refractivity contribution >= 4 is 21.7 Å². The normalized spacial score (nSPS) is 11.5. The van der Waals surface area contributed by atoms with Crippen molar-refractivity contribution in [2.45, 2.75) is 20.0 Å². The predicted molar refractivity (Wildman–Crippen MR) is 78.5 cm³/mol. The van der Waals surface area contributed by atoms with Gasteiger partial charge < -0.3 is 0 Å². The van der Waals surface area contributed by atoms with Crippen molar-refractivity contribution in [1.29, 1.82) is 0 Å². The number of hydrogen-bond acceptors (Lipinski definition) is 1. The summed E-state index contributed by atoms with van der Waals surface area (Å²) >= 11 is 2.86. The molecule has 0 atom stereocenters. The zero-order valence-corrected chi connectivity index (χ0v) is 13.0. The van der Waals surface area contributed by atoms with E-state index in [-0.39, 0.29) is 10.0 Å². The van der Waals surface area contributed by atoms with Gasteiger partial charge in [-0.2, -0.15) is 13.2 Å². The van der Waals surface area contributed by atoms with Crippen LogP contribution < -0.4 is 0 Å². The van der Waals surface area contributed by atoms with Gasteiger partial charge in [-0.25, -0.2) is 0 Å². The highest BCUT2D eigenvalue weighted by Gasteiger charge is 2.33. The minimum Gasteiger partial charge on any atom is -0.289 e. The van der Waals surface area contributed by atoms with Crippen molar-refractivity contribution < 1.29 is 18.0 Å². The van der Waals surface area contributed by atoms with Crippen molar-refractivity contribution in [3.63, 3.8) is 0 Å². The van der Waals surface area contributed by atoms with E-state index in [1.54, 1.807) is 19.1 Å². The Morgan fingerprint density at radius 1 is 1.05 bits per heavy atom. The van der Waals surface area contributed by atoms with Gasteiger partial charge in [0.25, 0.3) is 0 Å². The summed E-state index contributed by atoms with van der Waals surface area (Å²) in [5.74, 6) is -0.412. The zero-order valence-electron chi connectivity index (χ0n) is 11.4. The Labute approximate surface area is 128 Å². The Hall–Kier alpha value is -1.62. The molecule has 0 aliphatic heterocycles. The first-order valence-electron chi connectivity index (χ1n) is 6.19. The summed E-state index contributed by atoms with van der Waals surface area (Å²) in [5.41, 5.74) is 1.33. The fraction of sp³-hybridized carbons (Fsp3) is 0.188. The average Bonchev–Trinajstić information content (AvgIpc) is 2.37. The molecule has 2 aromatic carbocycles. The van der Waals surface area contributed by atoms with E-state index >= 15 is 0 Å². The fourth-order valence-corrected chi connectivity index (χ4v) is 2.58. The summed E-state index contributed by atoms with van der Waals surface area (Å²) in [4.78, 5) is 12.4. The van der Waals surface area contributed by atoms with E-state index in [2.05, 4.69) is 15.9 Å². The quantitative estimate of drug-likeness (QED) is 0.666. The van der Waals surface area contributed by atoms with Gasteiger partial charge in [0.05, 0.1) is 5.56 Å². The van der Waals surface area contributed by atoms with E-state index in [1.165, 1.54) is 12.1 Å². The summed E-state index contributed by atoms with van der Waals surface area (Å²) in [7, 11) is 0. The van der Waals surface area contributed by atoms with Gasteiger partial charge in [0, 0.05) is 15.6 Å². The number of halogens is 4. The maximum absolute atomic E-state index is 12.9. The third-order valence-corrected chi connectivity index (χ3v) is 3.85. The van der Waals surface area contributed by atoms with Gasteiger partial charge in [-0.15, -0.1) is 0 Å². The van der Waals surface area contributed by atoms with Crippen LogP contribution in [0.3, 0.4) is 0 Å². The van der Waals surface area contributed by atoms with Gasteiger partial charge in [-0.3, -0.25) is 4.79 Å². The number of benzene rings is 2. The summed E-state index contributed by atoms with van der Waals surface area (Å²) in [6.07, 6.45) is -4.50. The van der Waals surface area contributed by atoms with Crippen LogP contribution in [0.5, 0.6) is 0 Å². The van der Waals surface area contributed by atoms with Crippen LogP contribution in [-0.4, -0.2) is 5.78 Å². The second-order valence-electron chi connectivity index (χ2n) is 4.84. The van der Waals surface area contributed by atoms with Gasteiger partial charge in [-0.05, 0) is 37.6 Å². The molecule has 0 N–H and O–H groups in total. The van der Waals surface area contributed by atoms with Crippen molar-refractivity contribution in [2.24, 2.45) is 0 Å². The van der Waals surface area contributed by atoms with E-state index in [1.807, 2.05) is 13.0 Å². The number of carbonyl (C=O) groups excluding carboxylic acids is 1. The molecular weight excluding hydrogens is 345 g/mol. The van der Waals surface area contributed by atoms with E-state index in [0.717, 1.165) is 17.2 Å². The van der Waals surface area contributed by atoms with Crippen molar-refractivity contribution in [3.05, 3.63) is 68.7 Å². The highest BCUT2D eigenvalue weighted by Crippen LogP contribution is 2.35. The highest BCUT2D eigenvalue weighted by molar-refractivity contribution is 9.10. The number of carbonyl (C=O) groups is 1. The first kappa shape index (κ1) is 15.8. The molecule has 110 valence electrons. The summed E-state index contributed by atoms with van der Waals surface area (Å²) in [6.45, 7) is 3.66. The van der Waals surface area contributed by atoms with Crippen LogP contribution in [0, 0.1) is 13.8 Å². The molecule has 0 saturated carbocycles. The molecule has 1 nitrogen and oxygen atoms in total. The van der Waals surface area contributed by atoms with Gasteiger partial charge in [0.15, 0.2) is 5.78 Å². The average molecular weight is 357 g/mol. The van der Waals surface area contributed by atoms with Crippen LogP contribution in [0.1, 0.15) is 32.6 Å². The molecule has 0 spiro atoms. The second kappa shape index (κ2) is 5.64. The van der Waals surface area contributed by atoms with Crippen LogP contribution in [0.15, 0.2) is 40.9 Å². The predicted octanol–water partition coefficient (Wildman–Crippen LogP) is 5.32. The highest BCUT2D eigenvalue weighted by atomic mass is 79.9. The summed E-state index contributed by atoms with van der Waals surface area (Å²) in [5, 5.41) is 0. The lowest BCUT2D eigenvalue weighted by Gasteiger charge is -2.11. The minimum atomic E-state index is -4.50. The van der Waals surface area contributed by atoms with Crippen LogP contribution >= 0.6 is 15.9 Å². The molecule has 5 heteroatoms. The van der Waals surface area contributed by atoms with E-state index in [4.69, 9.17) is 0 Å². The molecule has 0 saturated heterocycles. The van der Waals surface area contributed by atoms with Crippen LogP contribution in [0.2, 0.25) is 0 Å². The minimum absolute atomic E-state index is 0.0254. The molecule has 0 aromatic heterocycles. The molecule has 0 aliphatic carbocycles. The molecule has 0 amide bonds. The lowest BCUT2D eigenvalue weighted by molar-refractivity contribution is -0.138. The molecule has 2 rings (SSSR count). The third-order valence-electron chi connectivity index (χ3n) is 3.16. The van der Waals surface area contributed by atoms with Gasteiger partial charge in [-0.1, -0.05) is 39.7 Å². The Balaban J connectivity index is 2.49. The molecular formula is C16H12BrF3O. The molecule has 0 bridgehead atoms. The lowest BCUT2D eigenvalue weighted by atomic mass is 9.96. The van der Waals surface area contributed by atoms with Crippen molar-refractivity contribution in [1.82, 2.24) is 0 Å². The third kappa shape index (κ3) is 3.35. The number of alkyl halides is 3. The standard InChI is InChI=1S/C16H12BrF3O/c1-9-3-5-12(10(2)7-9)15(21)11-4-6-14(17)13(8-11)16(18,19)20/h3-8H,1-2H3. The monoisotopic (exact) mass is 356 g/mol. The Bertz CT molecular complexity index is 705. The van der Waals surface area contributed by atoms with Gasteiger partial charge >= 0.3 is 6.18 Å². The summed E-state index contributed by atoms with van der Waals surface area (Å²) in [6, 6.07) is 8.76. The van der Waals surface area contributed by atoms with Crippen LogP contribution in [0.25, 0.3) is 0 Å². The molecule has 2 aromatic rings. The zero-order chi connectivity index (χ0) is 15.8. The van der Waals surface area contributed by atoms with Gasteiger partial charge in [0.1, 0.15) is 0 Å². The van der Waals surface area contributed by atoms with Crippen molar-refractivity contribution in [3.8, 4) is 0 Å². The Morgan fingerprint density at radius 3 is 2.29 bits per heavy atom. The molecule has 21 heavy (non-hydrogen) atoms. The summed E-state index contributed by atoms with van der Waals surface area (Å²) < 4.78 is 38.6. The molecule has 0 radical (unpaired) electrons. The van der Waals surface area contributed by atoms with E-state index in [0.29, 0.717) is 5.56 Å². The van der Waals surface area contributed by atoms with E-state index in [9.17, 15) is 18.0 Å². The maximum Gasteiger partial charge on any atom is 0.417 e. The Morgan fingerprint density at radius 2 is 1.71 bits per heavy atom. The largest absolute Gasteiger partial charge is 0.417 e. The lowest BCUT2D eigenvalue weighted by Crippen LogP contribution is -2.10. The Kier molecular flexibility index (Phi) is 4.23. The number of hydrogen-bond donors (Lipinski definition) is 0. The maximum atomic E-state index is 12.9. The van der Waals surface area contributed by atoms with E-state index < -0.39 is 17.5 Å². The first-order valence-corrected chi connectivity index (χ1v) is 6.98. The number of ketones is 1. The molecule has 0 unspecified atom stereocenters. The smallest absolute Gasteiger partial charge is 0.289 e. The van der Waals surface area contributed by atoms with Crippen molar-refractivity contribution in [2.75, 3.05) is 0 Å². The molecule has 0 fully saturated rings. The molecule has 0 heterocycles. The molecule has 0 aliphatic rings. The topological polar surface area (TPSA) is 17.1 Å².